The molecule has 2 saturated carbocycles. The predicted octanol–water partition coefficient (Wildman–Crippen LogP) is 7.02. The number of nitrogens with zero attached hydrogens (tertiary/aromatic N) is 1. The van der Waals surface area contributed by atoms with Crippen molar-refractivity contribution in [1.82, 2.24) is 0 Å². The van der Waals surface area contributed by atoms with Gasteiger partial charge in [0.05, 0.1) is 0 Å². The average molecular weight is 394 g/mol. The molecule has 150 valence electrons. The van der Waals surface area contributed by atoms with Crippen molar-refractivity contribution in [2.24, 2.45) is 0 Å². The van der Waals surface area contributed by atoms with Gasteiger partial charge in [-0.05, 0) is 65.6 Å². The number of hydrogen-bond donors (Lipinski definition) is 0. The van der Waals surface area contributed by atoms with E-state index in [0.717, 1.165) is 11.8 Å². The van der Waals surface area contributed by atoms with Crippen LogP contribution in [0.25, 0.3) is 11.1 Å². The summed E-state index contributed by atoms with van der Waals surface area (Å²) in [5, 5.41) is 1.46. The molecule has 0 aromatic heterocycles. The topological polar surface area (TPSA) is 3.24 Å². The average Bonchev–Trinajstić information content (AvgIpc) is 2.74. The van der Waals surface area contributed by atoms with E-state index in [2.05, 4.69) is 64.6 Å². The summed E-state index contributed by atoms with van der Waals surface area (Å²) in [6.07, 6.45) is 13.9. The smallest absolute Gasteiger partial charge is 0.0440 e. The van der Waals surface area contributed by atoms with Gasteiger partial charge in [0, 0.05) is 25.3 Å². The third-order valence-corrected chi connectivity index (χ3v) is 7.53. The summed E-state index contributed by atoms with van der Waals surface area (Å²) < 4.78 is 0. The van der Waals surface area contributed by atoms with E-state index in [0.29, 0.717) is 0 Å². The van der Waals surface area contributed by atoms with Gasteiger partial charge in [-0.15, -0.1) is 9.24 Å². The Morgan fingerprint density at radius 1 is 0.679 bits per heavy atom. The maximum atomic E-state index is 3.09. The van der Waals surface area contributed by atoms with Crippen molar-refractivity contribution in [3.63, 3.8) is 0 Å². The first-order valence-corrected chi connectivity index (χ1v) is 11.9. The van der Waals surface area contributed by atoms with E-state index >= 15 is 0 Å². The van der Waals surface area contributed by atoms with Crippen molar-refractivity contribution in [2.75, 3.05) is 19.0 Å². The molecule has 2 fully saturated rings. The molecule has 2 aromatic rings. The van der Waals surface area contributed by atoms with E-state index in [1.165, 1.54) is 86.3 Å². The molecular formula is C26H36NP. The first-order chi connectivity index (χ1) is 13.7. The highest BCUT2D eigenvalue weighted by molar-refractivity contribution is 7.27. The minimum absolute atomic E-state index is 0.733. The van der Waals surface area contributed by atoms with Crippen LogP contribution in [0, 0.1) is 0 Å². The van der Waals surface area contributed by atoms with Gasteiger partial charge in [-0.25, -0.2) is 0 Å². The van der Waals surface area contributed by atoms with Gasteiger partial charge < -0.3 is 4.90 Å². The molecule has 0 amide bonds. The minimum Gasteiger partial charge on any atom is -0.377 e. The van der Waals surface area contributed by atoms with Gasteiger partial charge in [0.15, 0.2) is 0 Å². The molecule has 0 bridgehead atoms. The minimum atomic E-state index is 0.733. The normalized spacial score (nSPS) is 19.0. The van der Waals surface area contributed by atoms with Gasteiger partial charge in [-0.1, -0.05) is 68.9 Å². The number of para-hydroxylation sites is 1. The molecule has 0 spiro atoms. The highest BCUT2D eigenvalue weighted by Crippen LogP contribution is 2.46. The number of rotatable bonds is 4. The summed E-state index contributed by atoms with van der Waals surface area (Å²) in [6, 6.07) is 13.8. The van der Waals surface area contributed by atoms with E-state index in [1.54, 1.807) is 11.1 Å². The summed E-state index contributed by atoms with van der Waals surface area (Å²) in [5.74, 6) is 1.49. The fourth-order valence-corrected chi connectivity index (χ4v) is 6.14. The van der Waals surface area contributed by atoms with Crippen LogP contribution in [0.3, 0.4) is 0 Å². The molecule has 4 rings (SSSR count). The van der Waals surface area contributed by atoms with Crippen LogP contribution in [0.15, 0.2) is 36.4 Å². The Bertz CT molecular complexity index is 798. The molecule has 0 radical (unpaired) electrons. The highest BCUT2D eigenvalue weighted by Gasteiger charge is 2.28. The van der Waals surface area contributed by atoms with Crippen LogP contribution in [0.1, 0.15) is 87.2 Å². The lowest BCUT2D eigenvalue weighted by Crippen LogP contribution is -2.20. The van der Waals surface area contributed by atoms with Crippen LogP contribution in [0.4, 0.5) is 5.69 Å². The fourth-order valence-electron chi connectivity index (χ4n) is 5.66. The summed E-state index contributed by atoms with van der Waals surface area (Å²) in [4.78, 5) is 2.27. The van der Waals surface area contributed by atoms with E-state index in [4.69, 9.17) is 0 Å². The molecule has 0 aliphatic heterocycles. The Morgan fingerprint density at radius 3 is 1.86 bits per heavy atom. The molecule has 1 atom stereocenters. The van der Waals surface area contributed by atoms with Crippen LogP contribution in [0.2, 0.25) is 0 Å². The van der Waals surface area contributed by atoms with Crippen molar-refractivity contribution < 1.29 is 0 Å². The zero-order valence-corrected chi connectivity index (χ0v) is 18.9. The molecular weight excluding hydrogens is 357 g/mol. The van der Waals surface area contributed by atoms with Crippen molar-refractivity contribution in [2.45, 2.75) is 76.0 Å². The first kappa shape index (κ1) is 20.0. The van der Waals surface area contributed by atoms with Gasteiger partial charge >= 0.3 is 0 Å². The number of anilines is 1. The molecule has 1 nitrogen and oxygen atoms in total. The summed E-state index contributed by atoms with van der Waals surface area (Å²) in [5.41, 5.74) is 7.65. The van der Waals surface area contributed by atoms with Crippen LogP contribution in [0.5, 0.6) is 0 Å². The summed E-state index contributed by atoms with van der Waals surface area (Å²) in [6.45, 7) is 0. The van der Waals surface area contributed by atoms with Crippen LogP contribution < -0.4 is 10.2 Å². The number of benzene rings is 2. The number of hydrogen-bond acceptors (Lipinski definition) is 1. The van der Waals surface area contributed by atoms with Crippen molar-refractivity contribution >= 4 is 20.2 Å². The summed E-state index contributed by atoms with van der Waals surface area (Å²) >= 11 is 0. The maximum Gasteiger partial charge on any atom is 0.0440 e. The van der Waals surface area contributed by atoms with E-state index in [-0.39, 0.29) is 0 Å². The van der Waals surface area contributed by atoms with E-state index < -0.39 is 0 Å². The molecule has 1 unspecified atom stereocenters. The standard InChI is InChI=1S/C26H36NP/c1-27(2)23-16-10-9-15-21(23)22-17-18-24(28)26(20-13-7-4-8-14-20)25(22)19-11-5-3-6-12-19/h9-10,15-20H,3-8,11-14,28H2,1-2H3. The van der Waals surface area contributed by atoms with Crippen molar-refractivity contribution in [1.29, 1.82) is 0 Å². The third kappa shape index (κ3) is 4.02. The van der Waals surface area contributed by atoms with Crippen LogP contribution >= 0.6 is 9.24 Å². The Balaban J connectivity index is 1.91. The lowest BCUT2D eigenvalue weighted by molar-refractivity contribution is 0.420. The first-order valence-electron chi connectivity index (χ1n) is 11.4. The zero-order valence-electron chi connectivity index (χ0n) is 17.7. The predicted molar refractivity (Wildman–Crippen MR) is 127 cm³/mol. The second-order valence-corrected chi connectivity index (χ2v) is 9.73. The van der Waals surface area contributed by atoms with Gasteiger partial charge in [-0.2, -0.15) is 0 Å². The Kier molecular flexibility index (Phi) is 6.42. The molecule has 0 N–H and O–H groups in total. The molecule has 2 heteroatoms. The second-order valence-electron chi connectivity index (χ2n) is 9.11. The molecule has 2 aliphatic rings. The SMILES string of the molecule is CN(C)c1ccccc1-c1ccc(P)c(C2CCCCC2)c1C1CCCCC1. The maximum absolute atomic E-state index is 3.09. The second kappa shape index (κ2) is 9.00. The molecule has 28 heavy (non-hydrogen) atoms. The molecule has 0 heterocycles. The third-order valence-electron chi connectivity index (χ3n) is 7.02. The van der Waals surface area contributed by atoms with Crippen molar-refractivity contribution in [3.8, 4) is 11.1 Å². The van der Waals surface area contributed by atoms with Gasteiger partial charge in [0.1, 0.15) is 0 Å². The molecule has 2 aliphatic carbocycles. The Hall–Kier alpha value is -1.33. The van der Waals surface area contributed by atoms with Gasteiger partial charge in [-0.3, -0.25) is 0 Å². The van der Waals surface area contributed by atoms with Crippen LogP contribution in [-0.2, 0) is 0 Å². The fraction of sp³-hybridized carbons (Fsp3) is 0.538. The summed E-state index contributed by atoms with van der Waals surface area (Å²) in [7, 11) is 7.44. The van der Waals surface area contributed by atoms with E-state index in [9.17, 15) is 0 Å². The highest BCUT2D eigenvalue weighted by atomic mass is 31.0. The van der Waals surface area contributed by atoms with E-state index in [1.807, 2.05) is 0 Å². The zero-order chi connectivity index (χ0) is 19.5. The molecule has 0 saturated heterocycles. The van der Waals surface area contributed by atoms with Gasteiger partial charge in [0.25, 0.3) is 0 Å². The van der Waals surface area contributed by atoms with Gasteiger partial charge in [0.2, 0.25) is 0 Å². The quantitative estimate of drug-likeness (QED) is 0.505. The Labute approximate surface area is 174 Å². The molecule has 2 aromatic carbocycles. The monoisotopic (exact) mass is 393 g/mol. The lowest BCUT2D eigenvalue weighted by Gasteiger charge is -2.33. The van der Waals surface area contributed by atoms with Crippen molar-refractivity contribution in [3.05, 3.63) is 47.5 Å². The lowest BCUT2D eigenvalue weighted by atomic mass is 9.73. The largest absolute Gasteiger partial charge is 0.377 e. The Morgan fingerprint density at radius 2 is 1.25 bits per heavy atom. The van der Waals surface area contributed by atoms with Crippen LogP contribution in [-0.4, -0.2) is 14.1 Å².